The summed E-state index contributed by atoms with van der Waals surface area (Å²) in [5, 5.41) is 10.8. The second-order valence-corrected chi connectivity index (χ2v) is 5.46. The zero-order valence-electron chi connectivity index (χ0n) is 10.9. The van der Waals surface area contributed by atoms with E-state index in [9.17, 15) is 18.5 Å². The molecule has 0 aromatic heterocycles. The van der Waals surface area contributed by atoms with Gasteiger partial charge in [0.25, 0.3) is 5.69 Å². The van der Waals surface area contributed by atoms with Crippen LogP contribution in [0.4, 0.5) is 5.69 Å². The standard InChI is InChI=1S/C13H11NO6S/c1-19-12-8-7-10(14(15)16)9-13(12)21(17,18)20-11-5-3-2-4-6-11/h2-9H,1H3. The second kappa shape index (κ2) is 5.80. The van der Waals surface area contributed by atoms with Crippen LogP contribution in [0.1, 0.15) is 0 Å². The molecule has 0 aliphatic rings. The first kappa shape index (κ1) is 14.8. The van der Waals surface area contributed by atoms with E-state index in [1.54, 1.807) is 18.2 Å². The van der Waals surface area contributed by atoms with E-state index >= 15 is 0 Å². The van der Waals surface area contributed by atoms with Crippen molar-refractivity contribution < 1.29 is 22.3 Å². The van der Waals surface area contributed by atoms with Crippen LogP contribution in [-0.2, 0) is 10.1 Å². The van der Waals surface area contributed by atoms with Gasteiger partial charge in [-0.2, -0.15) is 8.42 Å². The summed E-state index contributed by atoms with van der Waals surface area (Å²) in [6.45, 7) is 0. The van der Waals surface area contributed by atoms with Crippen LogP contribution in [0.3, 0.4) is 0 Å². The topological polar surface area (TPSA) is 95.7 Å². The number of non-ortho nitro benzene ring substituents is 1. The van der Waals surface area contributed by atoms with Gasteiger partial charge in [0.15, 0.2) is 4.90 Å². The molecule has 0 N–H and O–H groups in total. The van der Waals surface area contributed by atoms with Crippen LogP contribution < -0.4 is 8.92 Å². The number of ether oxygens (including phenoxy) is 1. The van der Waals surface area contributed by atoms with Crippen molar-refractivity contribution in [1.82, 2.24) is 0 Å². The lowest BCUT2D eigenvalue weighted by Gasteiger charge is -2.10. The molecule has 0 spiro atoms. The highest BCUT2D eigenvalue weighted by molar-refractivity contribution is 7.87. The Hall–Kier alpha value is -2.61. The Morgan fingerprint density at radius 1 is 1.10 bits per heavy atom. The Balaban J connectivity index is 2.48. The highest BCUT2D eigenvalue weighted by atomic mass is 32.2. The van der Waals surface area contributed by atoms with Crippen molar-refractivity contribution in [1.29, 1.82) is 0 Å². The summed E-state index contributed by atoms with van der Waals surface area (Å²) in [6, 6.07) is 11.1. The highest BCUT2D eigenvalue weighted by Gasteiger charge is 2.25. The highest BCUT2D eigenvalue weighted by Crippen LogP contribution is 2.30. The lowest BCUT2D eigenvalue weighted by molar-refractivity contribution is -0.385. The van der Waals surface area contributed by atoms with Gasteiger partial charge in [0.2, 0.25) is 0 Å². The summed E-state index contributed by atoms with van der Waals surface area (Å²) in [6.07, 6.45) is 0. The van der Waals surface area contributed by atoms with Crippen molar-refractivity contribution in [3.05, 3.63) is 58.6 Å². The third-order valence-electron chi connectivity index (χ3n) is 2.58. The van der Waals surface area contributed by atoms with Gasteiger partial charge >= 0.3 is 10.1 Å². The largest absolute Gasteiger partial charge is 0.495 e. The molecule has 0 atom stereocenters. The SMILES string of the molecule is COc1ccc([N+](=O)[O-])cc1S(=O)(=O)Oc1ccccc1. The summed E-state index contributed by atoms with van der Waals surface area (Å²) in [5.41, 5.74) is -0.369. The fourth-order valence-corrected chi connectivity index (χ4v) is 2.74. The van der Waals surface area contributed by atoms with Crippen LogP contribution in [-0.4, -0.2) is 20.5 Å². The van der Waals surface area contributed by atoms with Crippen LogP contribution in [0.25, 0.3) is 0 Å². The van der Waals surface area contributed by atoms with Gasteiger partial charge in [0.05, 0.1) is 12.0 Å². The van der Waals surface area contributed by atoms with Crippen molar-refractivity contribution >= 4 is 15.8 Å². The van der Waals surface area contributed by atoms with Gasteiger partial charge in [-0.3, -0.25) is 10.1 Å². The number of hydrogen-bond acceptors (Lipinski definition) is 6. The molecule has 0 amide bonds. The molecule has 2 rings (SSSR count). The monoisotopic (exact) mass is 309 g/mol. The summed E-state index contributed by atoms with van der Waals surface area (Å²) in [5.74, 6) is 0.0718. The Morgan fingerprint density at radius 2 is 1.76 bits per heavy atom. The maximum Gasteiger partial charge on any atom is 0.343 e. The number of benzene rings is 2. The third-order valence-corrected chi connectivity index (χ3v) is 3.85. The Bertz CT molecular complexity index is 757. The summed E-state index contributed by atoms with van der Waals surface area (Å²) >= 11 is 0. The molecule has 0 bridgehead atoms. The number of nitrogens with zero attached hydrogens (tertiary/aromatic N) is 1. The van der Waals surface area contributed by atoms with Gasteiger partial charge in [0.1, 0.15) is 11.5 Å². The Labute approximate surface area is 121 Å². The van der Waals surface area contributed by atoms with Gasteiger partial charge in [-0.25, -0.2) is 0 Å². The van der Waals surface area contributed by atoms with Crippen LogP contribution in [0.2, 0.25) is 0 Å². The summed E-state index contributed by atoms with van der Waals surface area (Å²) in [4.78, 5) is 9.67. The minimum absolute atomic E-state index is 0.0310. The molecular weight excluding hydrogens is 298 g/mol. The zero-order chi connectivity index (χ0) is 15.5. The molecule has 21 heavy (non-hydrogen) atoms. The molecule has 2 aromatic rings. The third kappa shape index (κ3) is 3.29. The predicted octanol–water partition coefficient (Wildman–Crippen LogP) is 2.37. The number of methoxy groups -OCH3 is 1. The maximum absolute atomic E-state index is 12.2. The van der Waals surface area contributed by atoms with E-state index in [0.29, 0.717) is 0 Å². The Morgan fingerprint density at radius 3 is 2.33 bits per heavy atom. The first-order valence-corrected chi connectivity index (χ1v) is 7.17. The fourth-order valence-electron chi connectivity index (χ4n) is 1.62. The number of hydrogen-bond donors (Lipinski definition) is 0. The fraction of sp³-hybridized carbons (Fsp3) is 0.0769. The van der Waals surface area contributed by atoms with Crippen molar-refractivity contribution in [2.45, 2.75) is 4.90 Å². The number of para-hydroxylation sites is 1. The van der Waals surface area contributed by atoms with Gasteiger partial charge < -0.3 is 8.92 Å². The average Bonchev–Trinajstić information content (AvgIpc) is 2.47. The molecule has 0 aliphatic carbocycles. The van der Waals surface area contributed by atoms with Crippen molar-refractivity contribution in [2.75, 3.05) is 7.11 Å². The predicted molar refractivity (Wildman–Crippen MR) is 73.9 cm³/mol. The normalized spacial score (nSPS) is 10.9. The van der Waals surface area contributed by atoms with E-state index in [1.807, 2.05) is 0 Å². The zero-order valence-corrected chi connectivity index (χ0v) is 11.7. The minimum atomic E-state index is -4.24. The van der Waals surface area contributed by atoms with Crippen LogP contribution >= 0.6 is 0 Å². The molecule has 0 aliphatic heterocycles. The van der Waals surface area contributed by atoms with Gasteiger partial charge in [-0.05, 0) is 18.2 Å². The maximum atomic E-state index is 12.2. The van der Waals surface area contributed by atoms with E-state index in [0.717, 1.165) is 12.1 Å². The lowest BCUT2D eigenvalue weighted by Crippen LogP contribution is -2.11. The molecule has 8 heteroatoms. The summed E-state index contributed by atoms with van der Waals surface area (Å²) in [7, 11) is -2.97. The molecule has 0 saturated heterocycles. The van der Waals surface area contributed by atoms with Crippen LogP contribution in [0, 0.1) is 10.1 Å². The molecule has 0 heterocycles. The quantitative estimate of drug-likeness (QED) is 0.478. The first-order chi connectivity index (χ1) is 9.94. The number of nitro groups is 1. The van der Waals surface area contributed by atoms with Gasteiger partial charge in [-0.1, -0.05) is 18.2 Å². The first-order valence-electron chi connectivity index (χ1n) is 5.76. The molecular formula is C13H11NO6S. The van der Waals surface area contributed by atoms with E-state index in [2.05, 4.69) is 0 Å². The minimum Gasteiger partial charge on any atom is -0.495 e. The molecule has 2 aromatic carbocycles. The van der Waals surface area contributed by atoms with Crippen molar-refractivity contribution in [3.8, 4) is 11.5 Å². The van der Waals surface area contributed by atoms with Gasteiger partial charge in [0, 0.05) is 12.1 Å². The van der Waals surface area contributed by atoms with E-state index in [-0.39, 0.29) is 17.2 Å². The van der Waals surface area contributed by atoms with E-state index < -0.39 is 19.9 Å². The Kier molecular flexibility index (Phi) is 4.08. The molecule has 0 unspecified atom stereocenters. The van der Waals surface area contributed by atoms with E-state index in [4.69, 9.17) is 8.92 Å². The van der Waals surface area contributed by atoms with E-state index in [1.165, 1.54) is 25.3 Å². The molecule has 0 fully saturated rings. The molecule has 7 nitrogen and oxygen atoms in total. The summed E-state index contributed by atoms with van der Waals surface area (Å²) < 4.78 is 34.3. The van der Waals surface area contributed by atoms with Crippen molar-refractivity contribution in [3.63, 3.8) is 0 Å². The molecule has 110 valence electrons. The second-order valence-electron chi connectivity index (χ2n) is 3.94. The number of nitro benzene ring substituents is 1. The average molecular weight is 309 g/mol. The smallest absolute Gasteiger partial charge is 0.343 e. The molecule has 0 saturated carbocycles. The van der Waals surface area contributed by atoms with Gasteiger partial charge in [-0.15, -0.1) is 0 Å². The van der Waals surface area contributed by atoms with Crippen LogP contribution in [0.5, 0.6) is 11.5 Å². The lowest BCUT2D eigenvalue weighted by atomic mass is 10.3. The van der Waals surface area contributed by atoms with Crippen molar-refractivity contribution in [2.24, 2.45) is 0 Å². The number of rotatable bonds is 5. The van der Waals surface area contributed by atoms with Crippen LogP contribution in [0.15, 0.2) is 53.4 Å². The molecule has 0 radical (unpaired) electrons.